The van der Waals surface area contributed by atoms with E-state index in [9.17, 15) is 4.39 Å². The largest absolute Gasteiger partial charge is 0.477 e. The van der Waals surface area contributed by atoms with Gasteiger partial charge in [-0.05, 0) is 63.9 Å². The van der Waals surface area contributed by atoms with Crippen LogP contribution in [0.4, 0.5) is 4.39 Å². The predicted molar refractivity (Wildman–Crippen MR) is 95.3 cm³/mol. The summed E-state index contributed by atoms with van der Waals surface area (Å²) in [6.45, 7) is 6.67. The molecule has 2 bridgehead atoms. The first kappa shape index (κ1) is 18.0. The van der Waals surface area contributed by atoms with E-state index in [-0.39, 0.29) is 11.8 Å². The van der Waals surface area contributed by atoms with Gasteiger partial charge in [0, 0.05) is 11.6 Å². The van der Waals surface area contributed by atoms with Gasteiger partial charge in [-0.1, -0.05) is 11.6 Å². The first-order valence-electron chi connectivity index (χ1n) is 8.49. The molecule has 5 nitrogen and oxygen atoms in total. The summed E-state index contributed by atoms with van der Waals surface area (Å²) in [7, 11) is 0. The highest BCUT2D eigenvalue weighted by atomic mass is 35.5. The Hall–Kier alpha value is -1.84. The fraction of sp³-hybridized carbons (Fsp3) is 0.556. The lowest BCUT2D eigenvalue weighted by Gasteiger charge is -2.43. The molecule has 1 aromatic rings. The molecule has 7 heteroatoms. The Balaban J connectivity index is 1.83. The van der Waals surface area contributed by atoms with E-state index in [2.05, 4.69) is 10.2 Å². The number of hydrogen-bond acceptors (Lipinski definition) is 4. The van der Waals surface area contributed by atoms with Crippen LogP contribution in [-0.4, -0.2) is 42.0 Å². The highest BCUT2D eigenvalue weighted by Crippen LogP contribution is 2.31. The van der Waals surface area contributed by atoms with Crippen molar-refractivity contribution >= 4 is 17.4 Å². The topological polar surface area (TPSA) is 60.6 Å². The van der Waals surface area contributed by atoms with Crippen LogP contribution in [0.25, 0.3) is 0 Å². The van der Waals surface area contributed by atoms with E-state index in [1.165, 1.54) is 12.1 Å². The number of aliphatic imine (C=N–C) groups is 1. The van der Waals surface area contributed by atoms with E-state index in [0.29, 0.717) is 16.8 Å². The lowest BCUT2D eigenvalue weighted by molar-refractivity contribution is 0.0889. The summed E-state index contributed by atoms with van der Waals surface area (Å²) in [5.41, 5.74) is -0.976. The van der Waals surface area contributed by atoms with Crippen LogP contribution in [-0.2, 0) is 0 Å². The molecule has 25 heavy (non-hydrogen) atoms. The van der Waals surface area contributed by atoms with Crippen LogP contribution in [0, 0.1) is 23.2 Å². The Bertz CT molecular complexity index is 708. The van der Waals surface area contributed by atoms with Gasteiger partial charge in [-0.15, -0.1) is 0 Å². The highest BCUT2D eigenvalue weighted by molar-refractivity contribution is 6.30. The van der Waals surface area contributed by atoms with Crippen LogP contribution in [0.3, 0.4) is 0 Å². The second kappa shape index (κ2) is 7.19. The minimum atomic E-state index is -0.976. The molecule has 1 unspecified atom stereocenters. The lowest BCUT2D eigenvalue weighted by Crippen LogP contribution is -2.52. The fourth-order valence-electron chi connectivity index (χ4n) is 3.52. The zero-order valence-electron chi connectivity index (χ0n) is 14.4. The van der Waals surface area contributed by atoms with Gasteiger partial charge in [0.25, 0.3) is 0 Å². The van der Waals surface area contributed by atoms with Gasteiger partial charge < -0.3 is 9.64 Å². The number of halogens is 2. The molecule has 0 spiro atoms. The van der Waals surface area contributed by atoms with Crippen LogP contribution in [0.15, 0.2) is 23.2 Å². The van der Waals surface area contributed by atoms with Crippen LogP contribution in [0.5, 0.6) is 5.75 Å². The summed E-state index contributed by atoms with van der Waals surface area (Å²) < 4.78 is 19.9. The number of piperidine rings is 3. The van der Waals surface area contributed by atoms with Gasteiger partial charge in [-0.2, -0.15) is 5.26 Å². The van der Waals surface area contributed by atoms with Crippen molar-refractivity contribution in [3.05, 3.63) is 29.0 Å². The molecule has 3 aliphatic heterocycles. The van der Waals surface area contributed by atoms with E-state index in [0.717, 1.165) is 32.5 Å². The molecule has 4 rings (SSSR count). The molecule has 1 atom stereocenters. The zero-order chi connectivity index (χ0) is 18.0. The molecule has 0 radical (unpaired) electrons. The highest BCUT2D eigenvalue weighted by Gasteiger charge is 2.36. The average Bonchev–Trinajstić information content (AvgIpc) is 2.58. The number of nitriles is 1. The third-order valence-electron chi connectivity index (χ3n) is 4.92. The van der Waals surface area contributed by atoms with Crippen LogP contribution < -0.4 is 10.1 Å². The maximum atomic E-state index is 14.1. The first-order valence-corrected chi connectivity index (χ1v) is 8.86. The number of ether oxygens (including phenoxy) is 1. The number of fused-ring (bicyclic) bond motifs is 3. The minimum Gasteiger partial charge on any atom is -0.477 e. The summed E-state index contributed by atoms with van der Waals surface area (Å²) in [6.07, 6.45) is 4.18. The van der Waals surface area contributed by atoms with Crippen LogP contribution in [0.2, 0.25) is 5.02 Å². The van der Waals surface area contributed by atoms with Crippen molar-refractivity contribution < 1.29 is 9.13 Å². The zero-order valence-corrected chi connectivity index (χ0v) is 15.2. The monoisotopic (exact) mass is 364 g/mol. The maximum Gasteiger partial charge on any atom is 0.182 e. The van der Waals surface area contributed by atoms with Crippen molar-refractivity contribution in [3.63, 3.8) is 0 Å². The Morgan fingerprint density at radius 1 is 1.44 bits per heavy atom. The number of hydrogen-bond donors (Lipinski definition) is 1. The third kappa shape index (κ3) is 4.05. The van der Waals surface area contributed by atoms with Crippen LogP contribution >= 0.6 is 11.6 Å². The Labute approximate surface area is 152 Å². The quantitative estimate of drug-likeness (QED) is 0.386. The van der Waals surface area contributed by atoms with Gasteiger partial charge in [0.2, 0.25) is 0 Å². The van der Waals surface area contributed by atoms with E-state index in [1.807, 2.05) is 6.19 Å². The Kier molecular flexibility index (Phi) is 5.16. The molecule has 3 heterocycles. The molecule has 3 aliphatic rings. The molecule has 3 fully saturated rings. The summed E-state index contributed by atoms with van der Waals surface area (Å²) in [5, 5.41) is 12.1. The summed E-state index contributed by atoms with van der Waals surface area (Å²) in [5.74, 6) is 0.488. The van der Waals surface area contributed by atoms with Gasteiger partial charge in [0.15, 0.2) is 29.2 Å². The molecule has 134 valence electrons. The van der Waals surface area contributed by atoms with E-state index in [4.69, 9.17) is 26.6 Å². The van der Waals surface area contributed by atoms with Crippen molar-refractivity contribution in [2.75, 3.05) is 19.6 Å². The second-order valence-corrected chi connectivity index (χ2v) is 7.54. The molecule has 1 aromatic carbocycles. The van der Waals surface area contributed by atoms with E-state index >= 15 is 0 Å². The number of nitrogens with zero attached hydrogens (tertiary/aromatic N) is 3. The number of rotatable bonds is 4. The minimum absolute atomic E-state index is 0.0794. The fourth-order valence-corrected chi connectivity index (χ4v) is 3.68. The van der Waals surface area contributed by atoms with Gasteiger partial charge in [-0.25, -0.2) is 4.39 Å². The SMILES string of the molecule is CC(C)(Oc1ccc(Cl)cc1F)C(=NC1CN2CCC1CC2)NC#N. The number of amidine groups is 1. The van der Waals surface area contributed by atoms with Crippen molar-refractivity contribution in [2.45, 2.75) is 38.3 Å². The van der Waals surface area contributed by atoms with Gasteiger partial charge in [0.1, 0.15) is 0 Å². The number of nitrogens with one attached hydrogen (secondary N) is 1. The standard InChI is InChI=1S/C18H22ClFN4O/c1-18(2,25-16-4-3-13(19)9-14(16)20)17(22-11-21)23-15-10-24-7-5-12(15)6-8-24/h3-4,9,12,15H,5-8,10H2,1-2H3,(H,22,23). The van der Waals surface area contributed by atoms with Crippen LogP contribution in [0.1, 0.15) is 26.7 Å². The Morgan fingerprint density at radius 3 is 2.72 bits per heavy atom. The average molecular weight is 365 g/mol. The first-order chi connectivity index (χ1) is 11.9. The lowest BCUT2D eigenvalue weighted by atomic mass is 9.84. The van der Waals surface area contributed by atoms with Crippen molar-refractivity contribution in [2.24, 2.45) is 10.9 Å². The smallest absolute Gasteiger partial charge is 0.182 e. The molecule has 0 saturated carbocycles. The van der Waals surface area contributed by atoms with Gasteiger partial charge in [0.05, 0.1) is 6.04 Å². The Morgan fingerprint density at radius 2 is 2.16 bits per heavy atom. The molecule has 0 amide bonds. The third-order valence-corrected chi connectivity index (χ3v) is 5.16. The summed E-state index contributed by atoms with van der Waals surface area (Å²) >= 11 is 5.79. The summed E-state index contributed by atoms with van der Waals surface area (Å²) in [6, 6.07) is 4.39. The van der Waals surface area contributed by atoms with Gasteiger partial charge in [-0.3, -0.25) is 10.3 Å². The van der Waals surface area contributed by atoms with Crippen molar-refractivity contribution in [1.82, 2.24) is 10.2 Å². The summed E-state index contributed by atoms with van der Waals surface area (Å²) in [4.78, 5) is 7.18. The van der Waals surface area contributed by atoms with E-state index < -0.39 is 11.4 Å². The molecule has 0 aliphatic carbocycles. The molecule has 0 aromatic heterocycles. The molecular weight excluding hydrogens is 343 g/mol. The predicted octanol–water partition coefficient (Wildman–Crippen LogP) is 3.20. The van der Waals surface area contributed by atoms with Crippen molar-refractivity contribution in [1.29, 1.82) is 5.26 Å². The maximum absolute atomic E-state index is 14.1. The van der Waals surface area contributed by atoms with E-state index in [1.54, 1.807) is 19.9 Å². The van der Waals surface area contributed by atoms with Gasteiger partial charge >= 0.3 is 0 Å². The normalized spacial score (nSPS) is 26.2. The molecular formula is C18H22ClFN4O. The van der Waals surface area contributed by atoms with Crippen molar-refractivity contribution in [3.8, 4) is 11.9 Å². The molecule has 3 saturated heterocycles. The number of benzene rings is 1. The second-order valence-electron chi connectivity index (χ2n) is 7.11. The molecule has 1 N–H and O–H groups in total.